The summed E-state index contributed by atoms with van der Waals surface area (Å²) in [6, 6.07) is 0. The predicted octanol–water partition coefficient (Wildman–Crippen LogP) is 17.5. The number of hydrogen-bond donors (Lipinski definition) is 2. The summed E-state index contributed by atoms with van der Waals surface area (Å²) in [5.41, 5.74) is 0. The van der Waals surface area contributed by atoms with Gasteiger partial charge >= 0.3 is 25.7 Å². The van der Waals surface area contributed by atoms with Crippen molar-refractivity contribution in [3.8, 4) is 0 Å². The standard InChI is InChI=1S/C62H107O11P/c1-4-7-10-13-16-19-22-25-27-28-29-30-32-35-38-41-44-47-50-53-62(66)73-59(55-69-60(64)51-48-45-42-39-36-33-24-21-18-15-12-9-6-3)57-71-74(67,68)70-56-58(54-63)72-61(65)52-49-46-43-40-37-34-31-26-23-20-17-14-11-8-5-2/h7,10,16-17,19-21,24-27,29-31,58-59,63H,4-6,8-9,11-15,18,22-23,28,32-57H2,1-3H3,(H,67,68)/b10-7-,19-16-,20-17-,24-21-,27-25-,30-29-,31-26-. The zero-order valence-electron chi connectivity index (χ0n) is 47.0. The number of hydrogen-bond acceptors (Lipinski definition) is 10. The molecule has 0 rings (SSSR count). The number of esters is 3. The first-order chi connectivity index (χ1) is 36.2. The van der Waals surface area contributed by atoms with E-state index in [4.69, 9.17) is 23.3 Å². The number of aliphatic hydroxyl groups excluding tert-OH is 1. The number of unbranched alkanes of at least 4 members (excludes halogenated alkanes) is 23. The molecule has 0 aromatic carbocycles. The number of carbonyl (C=O) groups excluding carboxylic acids is 3. The summed E-state index contributed by atoms with van der Waals surface area (Å²) >= 11 is 0. The number of rotatable bonds is 54. The average Bonchev–Trinajstić information content (AvgIpc) is 3.39. The SMILES string of the molecule is CC/C=C\C/C=C\C/C=C\C/C=C\CCCCCCCCC(=O)OC(COC(=O)CCCCCCC/C=C\CCCCCC)COP(=O)(O)OCC(CO)OC(=O)CCCCCCC/C=C\C/C=C\CCCCC. The minimum absolute atomic E-state index is 0.146. The second-order valence-electron chi connectivity index (χ2n) is 19.4. The van der Waals surface area contributed by atoms with Crippen molar-refractivity contribution in [2.24, 2.45) is 0 Å². The van der Waals surface area contributed by atoms with Gasteiger partial charge in [0.1, 0.15) is 12.7 Å². The molecule has 0 spiro atoms. The molecule has 12 heteroatoms. The Hall–Kier alpha value is -3.34. The summed E-state index contributed by atoms with van der Waals surface area (Å²) in [4.78, 5) is 48.6. The van der Waals surface area contributed by atoms with Gasteiger partial charge in [0.25, 0.3) is 0 Å². The lowest BCUT2D eigenvalue weighted by Gasteiger charge is -2.21. The largest absolute Gasteiger partial charge is 0.472 e. The van der Waals surface area contributed by atoms with E-state index in [0.717, 1.165) is 148 Å². The van der Waals surface area contributed by atoms with Crippen LogP contribution < -0.4 is 0 Å². The van der Waals surface area contributed by atoms with E-state index < -0.39 is 57.8 Å². The molecule has 0 aromatic heterocycles. The van der Waals surface area contributed by atoms with Gasteiger partial charge in [0.15, 0.2) is 6.10 Å². The Kier molecular flexibility index (Phi) is 53.4. The van der Waals surface area contributed by atoms with Crippen molar-refractivity contribution in [3.05, 3.63) is 85.1 Å². The van der Waals surface area contributed by atoms with E-state index in [9.17, 15) is 28.9 Å². The van der Waals surface area contributed by atoms with Crippen LogP contribution in [-0.4, -0.2) is 66.5 Å². The smallest absolute Gasteiger partial charge is 0.462 e. The monoisotopic (exact) mass is 1060 g/mol. The highest BCUT2D eigenvalue weighted by Gasteiger charge is 2.28. The van der Waals surface area contributed by atoms with E-state index in [1.165, 1.54) is 44.9 Å². The molecular weight excluding hydrogens is 952 g/mol. The zero-order valence-corrected chi connectivity index (χ0v) is 47.9. The number of phosphoric ester groups is 1. The summed E-state index contributed by atoms with van der Waals surface area (Å²) in [5.74, 6) is -1.50. The van der Waals surface area contributed by atoms with Crippen LogP contribution in [0.25, 0.3) is 0 Å². The zero-order chi connectivity index (χ0) is 54.1. The van der Waals surface area contributed by atoms with Crippen LogP contribution in [0.2, 0.25) is 0 Å². The summed E-state index contributed by atoms with van der Waals surface area (Å²) < 4.78 is 39.5. The number of ether oxygens (including phenoxy) is 3. The molecule has 0 aliphatic carbocycles. The fourth-order valence-corrected chi connectivity index (χ4v) is 8.57. The van der Waals surface area contributed by atoms with Crippen molar-refractivity contribution in [1.29, 1.82) is 0 Å². The molecule has 0 amide bonds. The highest BCUT2D eigenvalue weighted by atomic mass is 31.2. The van der Waals surface area contributed by atoms with Crippen LogP contribution in [0.5, 0.6) is 0 Å². The van der Waals surface area contributed by atoms with Crippen LogP contribution in [0.15, 0.2) is 85.1 Å². The lowest BCUT2D eigenvalue weighted by molar-refractivity contribution is -0.161. The Morgan fingerprint density at radius 1 is 0.392 bits per heavy atom. The number of phosphoric acid groups is 1. The van der Waals surface area contributed by atoms with Crippen molar-refractivity contribution in [2.45, 2.75) is 264 Å². The fraction of sp³-hybridized carbons (Fsp3) is 0.726. The van der Waals surface area contributed by atoms with Crippen LogP contribution in [0, 0.1) is 0 Å². The van der Waals surface area contributed by atoms with E-state index in [-0.39, 0.29) is 25.9 Å². The maximum Gasteiger partial charge on any atom is 0.472 e. The molecule has 0 radical (unpaired) electrons. The van der Waals surface area contributed by atoms with Crippen molar-refractivity contribution < 1.29 is 52.2 Å². The van der Waals surface area contributed by atoms with Gasteiger partial charge in [-0.2, -0.15) is 0 Å². The van der Waals surface area contributed by atoms with Gasteiger partial charge in [-0.05, 0) is 116 Å². The Morgan fingerprint density at radius 3 is 1.12 bits per heavy atom. The highest BCUT2D eigenvalue weighted by Crippen LogP contribution is 2.43. The van der Waals surface area contributed by atoms with Gasteiger partial charge in [-0.25, -0.2) is 4.57 Å². The van der Waals surface area contributed by atoms with Crippen LogP contribution >= 0.6 is 7.82 Å². The fourth-order valence-electron chi connectivity index (χ4n) is 7.78. The lowest BCUT2D eigenvalue weighted by Crippen LogP contribution is -2.30. The van der Waals surface area contributed by atoms with Crippen LogP contribution in [0.1, 0.15) is 252 Å². The molecule has 2 N–H and O–H groups in total. The van der Waals surface area contributed by atoms with Crippen LogP contribution in [0.4, 0.5) is 0 Å². The van der Waals surface area contributed by atoms with Crippen molar-refractivity contribution in [2.75, 3.05) is 26.4 Å². The quantitative estimate of drug-likeness (QED) is 0.0197. The third-order valence-electron chi connectivity index (χ3n) is 12.3. The molecule has 3 unspecified atom stereocenters. The molecule has 0 fully saturated rings. The van der Waals surface area contributed by atoms with Gasteiger partial charge in [-0.15, -0.1) is 0 Å². The summed E-state index contributed by atoms with van der Waals surface area (Å²) in [5, 5.41) is 9.82. The molecule has 74 heavy (non-hydrogen) atoms. The number of carbonyl (C=O) groups is 3. The molecule has 0 saturated carbocycles. The van der Waals surface area contributed by atoms with Gasteiger partial charge in [0, 0.05) is 19.3 Å². The minimum Gasteiger partial charge on any atom is -0.462 e. The third-order valence-corrected chi connectivity index (χ3v) is 13.2. The minimum atomic E-state index is -4.76. The van der Waals surface area contributed by atoms with E-state index in [1.54, 1.807) is 0 Å². The average molecular weight is 1060 g/mol. The molecule has 0 aliphatic rings. The second-order valence-corrected chi connectivity index (χ2v) is 20.9. The number of aliphatic hydroxyl groups is 1. The molecule has 11 nitrogen and oxygen atoms in total. The van der Waals surface area contributed by atoms with E-state index in [2.05, 4.69) is 106 Å². The summed E-state index contributed by atoms with van der Waals surface area (Å²) in [6.45, 7) is 4.46. The van der Waals surface area contributed by atoms with Gasteiger partial charge in [-0.3, -0.25) is 23.4 Å². The predicted molar refractivity (Wildman–Crippen MR) is 307 cm³/mol. The van der Waals surface area contributed by atoms with Crippen molar-refractivity contribution >= 4 is 25.7 Å². The van der Waals surface area contributed by atoms with Crippen molar-refractivity contribution in [1.82, 2.24) is 0 Å². The molecule has 0 heterocycles. The maximum atomic E-state index is 12.9. The molecule has 0 saturated heterocycles. The maximum absolute atomic E-state index is 12.9. The highest BCUT2D eigenvalue weighted by molar-refractivity contribution is 7.47. The van der Waals surface area contributed by atoms with Gasteiger partial charge in [0.2, 0.25) is 0 Å². The molecule has 0 aliphatic heterocycles. The topological polar surface area (TPSA) is 155 Å². The van der Waals surface area contributed by atoms with Gasteiger partial charge in [-0.1, -0.05) is 202 Å². The molecule has 0 aromatic rings. The van der Waals surface area contributed by atoms with Gasteiger partial charge in [0.05, 0.1) is 19.8 Å². The van der Waals surface area contributed by atoms with E-state index >= 15 is 0 Å². The van der Waals surface area contributed by atoms with Gasteiger partial charge < -0.3 is 24.2 Å². The third kappa shape index (κ3) is 53.5. The number of allylic oxidation sites excluding steroid dienone is 14. The van der Waals surface area contributed by atoms with E-state index in [1.807, 2.05) is 0 Å². The van der Waals surface area contributed by atoms with E-state index in [0.29, 0.717) is 19.3 Å². The summed E-state index contributed by atoms with van der Waals surface area (Å²) in [7, 11) is -4.76. The first-order valence-electron chi connectivity index (χ1n) is 29.5. The Bertz CT molecular complexity index is 1560. The first kappa shape index (κ1) is 70.7. The summed E-state index contributed by atoms with van der Waals surface area (Å²) in [6.07, 6.45) is 63.9. The first-order valence-corrected chi connectivity index (χ1v) is 31.0. The van der Waals surface area contributed by atoms with Crippen molar-refractivity contribution in [3.63, 3.8) is 0 Å². The molecule has 0 bridgehead atoms. The second kappa shape index (κ2) is 55.9. The Morgan fingerprint density at radius 2 is 0.703 bits per heavy atom. The molecule has 3 atom stereocenters. The van der Waals surface area contributed by atoms with Crippen LogP contribution in [0.3, 0.4) is 0 Å². The molecule has 426 valence electrons. The Labute approximate surface area is 451 Å². The molecular formula is C62H107O11P. The Balaban J connectivity index is 4.76. The lowest BCUT2D eigenvalue weighted by atomic mass is 10.1. The normalized spacial score (nSPS) is 14.0. The van der Waals surface area contributed by atoms with Crippen LogP contribution in [-0.2, 0) is 42.2 Å².